The van der Waals surface area contributed by atoms with Crippen molar-refractivity contribution in [1.29, 1.82) is 5.26 Å². The molecule has 0 bridgehead atoms. The van der Waals surface area contributed by atoms with Crippen LogP contribution >= 0.6 is 23.8 Å². The van der Waals surface area contributed by atoms with Gasteiger partial charge in [0.2, 0.25) is 0 Å². The molecule has 0 aromatic heterocycles. The Morgan fingerprint density at radius 2 is 2.00 bits per heavy atom. The van der Waals surface area contributed by atoms with Gasteiger partial charge in [0.15, 0.2) is 0 Å². The molecule has 0 radical (unpaired) electrons. The van der Waals surface area contributed by atoms with Crippen molar-refractivity contribution in [2.24, 2.45) is 4.99 Å². The molecule has 1 aliphatic heterocycles. The van der Waals surface area contributed by atoms with Crippen LogP contribution in [0.4, 0.5) is 5.69 Å². The van der Waals surface area contributed by atoms with Crippen LogP contribution in [0.2, 0.25) is 5.02 Å². The second kappa shape index (κ2) is 10.5. The van der Waals surface area contributed by atoms with Gasteiger partial charge in [0.05, 0.1) is 30.1 Å². The van der Waals surface area contributed by atoms with Gasteiger partial charge in [-0.2, -0.15) is 5.26 Å². The highest BCUT2D eigenvalue weighted by molar-refractivity contribution is 7.80. The number of rotatable bonds is 8. The summed E-state index contributed by atoms with van der Waals surface area (Å²) < 4.78 is 11.0. The van der Waals surface area contributed by atoms with Gasteiger partial charge >= 0.3 is 0 Å². The minimum absolute atomic E-state index is 0.340. The van der Waals surface area contributed by atoms with E-state index < -0.39 is 0 Å². The molecule has 0 spiro atoms. The molecule has 8 heteroatoms. The Balaban J connectivity index is 1.90. The third-order valence-corrected chi connectivity index (χ3v) is 5.25. The lowest BCUT2D eigenvalue weighted by Crippen LogP contribution is -2.27. The van der Waals surface area contributed by atoms with E-state index in [2.05, 4.69) is 21.3 Å². The second-order valence-electron chi connectivity index (χ2n) is 6.84. The van der Waals surface area contributed by atoms with E-state index in [0.29, 0.717) is 53.3 Å². The van der Waals surface area contributed by atoms with E-state index in [1.165, 1.54) is 0 Å². The number of hydrogen-bond donors (Lipinski definition) is 1. The topological polar surface area (TPSA) is 69.9 Å². The smallest absolute Gasteiger partial charge is 0.139 e. The lowest BCUT2D eigenvalue weighted by molar-refractivity contribution is 0.150. The summed E-state index contributed by atoms with van der Waals surface area (Å²) in [5.74, 6) is 0.507. The number of halogens is 1. The zero-order valence-corrected chi connectivity index (χ0v) is 18.5. The minimum Gasteiger partial charge on any atom is -0.491 e. The van der Waals surface area contributed by atoms with Crippen LogP contribution in [-0.4, -0.2) is 62.6 Å². The van der Waals surface area contributed by atoms with Crippen LogP contribution in [0.25, 0.3) is 0 Å². The van der Waals surface area contributed by atoms with E-state index >= 15 is 0 Å². The predicted molar refractivity (Wildman–Crippen MR) is 124 cm³/mol. The average Bonchev–Trinajstić information content (AvgIpc) is 2.89. The first-order chi connectivity index (χ1) is 14.5. The maximum Gasteiger partial charge on any atom is 0.139 e. The average molecular weight is 443 g/mol. The molecule has 0 saturated carbocycles. The highest BCUT2D eigenvalue weighted by Gasteiger charge is 2.21. The van der Waals surface area contributed by atoms with Gasteiger partial charge in [0.25, 0.3) is 0 Å². The number of hydrogen-bond acceptors (Lipinski definition) is 6. The molecule has 0 saturated heterocycles. The number of benzene rings is 2. The van der Waals surface area contributed by atoms with Gasteiger partial charge in [-0.1, -0.05) is 42.0 Å². The number of anilines is 1. The predicted octanol–water partition coefficient (Wildman–Crippen LogP) is 3.76. The van der Waals surface area contributed by atoms with E-state index in [0.717, 1.165) is 23.4 Å². The van der Waals surface area contributed by atoms with Crippen molar-refractivity contribution < 1.29 is 9.47 Å². The highest BCUT2D eigenvalue weighted by atomic mass is 35.5. The second-order valence-corrected chi connectivity index (χ2v) is 7.74. The molecule has 6 nitrogen and oxygen atoms in total. The SMILES string of the molecule is COCCN(C)CCOc1cc2c(cc1C#N)C(c1ccccc1Cl)=NCC(=S)N2. The van der Waals surface area contributed by atoms with Crippen LogP contribution in [0.3, 0.4) is 0 Å². The van der Waals surface area contributed by atoms with Crippen LogP contribution in [0.15, 0.2) is 41.4 Å². The maximum atomic E-state index is 9.71. The van der Waals surface area contributed by atoms with Crippen molar-refractivity contribution in [1.82, 2.24) is 4.90 Å². The fraction of sp³-hybridized carbons (Fsp3) is 0.318. The number of aliphatic imine (C=N–C) groups is 1. The molecule has 0 unspecified atom stereocenters. The van der Waals surface area contributed by atoms with Gasteiger partial charge in [-0.3, -0.25) is 4.99 Å². The molecule has 0 fully saturated rings. The number of fused-ring (bicyclic) bond motifs is 1. The molecular weight excluding hydrogens is 420 g/mol. The Morgan fingerprint density at radius 3 is 2.73 bits per heavy atom. The molecule has 0 amide bonds. The number of methoxy groups -OCH3 is 1. The molecule has 0 aliphatic carbocycles. The Labute approximate surface area is 187 Å². The minimum atomic E-state index is 0.340. The van der Waals surface area contributed by atoms with Crippen molar-refractivity contribution >= 4 is 40.2 Å². The van der Waals surface area contributed by atoms with Gasteiger partial charge in [-0.25, -0.2) is 0 Å². The molecular formula is C22H23ClN4O2S. The standard InChI is InChI=1S/C22H23ClN4O2S/c1-27(7-9-28-2)8-10-29-20-12-19-17(11-15(20)13-24)22(25-14-21(30)26-19)16-5-3-4-6-18(16)23/h3-6,11-12H,7-10,14H2,1-2H3,(H,26,30). The van der Waals surface area contributed by atoms with Crippen LogP contribution in [0.1, 0.15) is 16.7 Å². The van der Waals surface area contributed by atoms with E-state index in [9.17, 15) is 5.26 Å². The lowest BCUT2D eigenvalue weighted by atomic mass is 9.98. The Hall–Kier alpha value is -2.50. The molecule has 1 N–H and O–H groups in total. The molecule has 156 valence electrons. The van der Waals surface area contributed by atoms with Gasteiger partial charge in [-0.05, 0) is 19.2 Å². The molecule has 1 heterocycles. The van der Waals surface area contributed by atoms with Crippen molar-refractivity contribution in [2.75, 3.05) is 52.3 Å². The van der Waals surface area contributed by atoms with Gasteiger partial charge in [0.1, 0.15) is 23.4 Å². The van der Waals surface area contributed by atoms with E-state index in [1.54, 1.807) is 13.2 Å². The van der Waals surface area contributed by atoms with Crippen molar-refractivity contribution in [3.8, 4) is 11.8 Å². The Kier molecular flexibility index (Phi) is 7.77. The van der Waals surface area contributed by atoms with Gasteiger partial charge < -0.3 is 19.7 Å². The number of likely N-dealkylation sites (N-methyl/N-ethyl adjacent to an activating group) is 1. The summed E-state index contributed by atoms with van der Waals surface area (Å²) in [5, 5.41) is 13.5. The first kappa shape index (κ1) is 22.2. The first-order valence-electron chi connectivity index (χ1n) is 9.51. The van der Waals surface area contributed by atoms with Crippen molar-refractivity contribution in [3.63, 3.8) is 0 Å². The highest BCUT2D eigenvalue weighted by Crippen LogP contribution is 2.32. The summed E-state index contributed by atoms with van der Waals surface area (Å²) in [6.45, 7) is 2.97. The number of nitriles is 1. The maximum absolute atomic E-state index is 9.71. The summed E-state index contributed by atoms with van der Waals surface area (Å²) in [5.41, 5.74) is 3.44. The Morgan fingerprint density at radius 1 is 1.23 bits per heavy atom. The van der Waals surface area contributed by atoms with Crippen molar-refractivity contribution in [3.05, 3.63) is 58.1 Å². The van der Waals surface area contributed by atoms with Crippen molar-refractivity contribution in [2.45, 2.75) is 0 Å². The monoisotopic (exact) mass is 442 g/mol. The number of nitrogens with zero attached hydrogens (tertiary/aromatic N) is 3. The molecule has 3 rings (SSSR count). The number of benzodiazepines with no additional fused rings is 1. The molecule has 2 aromatic rings. The zero-order chi connectivity index (χ0) is 21.5. The first-order valence-corrected chi connectivity index (χ1v) is 10.3. The molecule has 0 atom stereocenters. The van der Waals surface area contributed by atoms with Gasteiger partial charge in [-0.15, -0.1) is 0 Å². The molecule has 1 aliphatic rings. The molecule has 30 heavy (non-hydrogen) atoms. The van der Waals surface area contributed by atoms with Crippen LogP contribution in [-0.2, 0) is 4.74 Å². The molecule has 2 aromatic carbocycles. The number of thiocarbonyl (C=S) groups is 1. The summed E-state index contributed by atoms with van der Waals surface area (Å²) in [6, 6.07) is 13.3. The number of nitrogens with one attached hydrogen (secondary N) is 1. The summed E-state index contributed by atoms with van der Waals surface area (Å²) in [4.78, 5) is 7.35. The normalized spacial score (nSPS) is 13.2. The van der Waals surface area contributed by atoms with Crippen LogP contribution < -0.4 is 10.1 Å². The Bertz CT molecular complexity index is 1000. The summed E-state index contributed by atoms with van der Waals surface area (Å²) >= 11 is 11.8. The fourth-order valence-electron chi connectivity index (χ4n) is 3.07. The third kappa shape index (κ3) is 5.35. The fourth-order valence-corrected chi connectivity index (χ4v) is 3.47. The van der Waals surface area contributed by atoms with Crippen LogP contribution in [0, 0.1) is 11.3 Å². The summed E-state index contributed by atoms with van der Waals surface area (Å²) in [6.07, 6.45) is 0. The lowest BCUT2D eigenvalue weighted by Gasteiger charge is -2.18. The largest absolute Gasteiger partial charge is 0.491 e. The number of ether oxygens (including phenoxy) is 2. The van der Waals surface area contributed by atoms with E-state index in [4.69, 9.17) is 33.3 Å². The quantitative estimate of drug-likeness (QED) is 0.628. The van der Waals surface area contributed by atoms with E-state index in [1.807, 2.05) is 37.4 Å². The van der Waals surface area contributed by atoms with E-state index in [-0.39, 0.29) is 0 Å². The van der Waals surface area contributed by atoms with Gasteiger partial charge in [0, 0.05) is 42.4 Å². The zero-order valence-electron chi connectivity index (χ0n) is 16.9. The van der Waals surface area contributed by atoms with Crippen LogP contribution in [0.5, 0.6) is 5.75 Å². The third-order valence-electron chi connectivity index (χ3n) is 4.69. The summed E-state index contributed by atoms with van der Waals surface area (Å²) in [7, 11) is 3.67.